The first-order chi connectivity index (χ1) is 10.9. The van der Waals surface area contributed by atoms with Gasteiger partial charge in [0.15, 0.2) is 0 Å². The summed E-state index contributed by atoms with van der Waals surface area (Å²) < 4.78 is 35.1. The van der Waals surface area contributed by atoms with Gasteiger partial charge in [0, 0.05) is 26.2 Å². The third-order valence-electron chi connectivity index (χ3n) is 5.16. The summed E-state index contributed by atoms with van der Waals surface area (Å²) in [6, 6.07) is 3.71. The molecule has 2 aliphatic rings. The predicted molar refractivity (Wildman–Crippen MR) is 89.3 cm³/mol. The summed E-state index contributed by atoms with van der Waals surface area (Å²) >= 11 is 0. The molecular weight excluding hydrogens is 314 g/mol. The van der Waals surface area contributed by atoms with Crippen LogP contribution in [0.15, 0.2) is 16.5 Å². The molecule has 23 heavy (non-hydrogen) atoms. The lowest BCUT2D eigenvalue weighted by atomic mass is 10.2. The fourth-order valence-corrected chi connectivity index (χ4v) is 5.45. The number of rotatable bonds is 5. The Hall–Kier alpha value is -0.890. The Morgan fingerprint density at radius 2 is 2.09 bits per heavy atom. The molecule has 1 aromatic rings. The lowest BCUT2D eigenvalue weighted by Crippen LogP contribution is -2.47. The Kier molecular flexibility index (Phi) is 4.83. The number of aryl methyl sites for hydroxylation is 1. The molecule has 2 saturated heterocycles. The Labute approximate surface area is 139 Å². The minimum absolute atomic E-state index is 0.0690. The van der Waals surface area contributed by atoms with E-state index in [2.05, 4.69) is 11.8 Å². The van der Waals surface area contributed by atoms with Crippen LogP contribution in [0.25, 0.3) is 0 Å². The van der Waals surface area contributed by atoms with Gasteiger partial charge in [-0.15, -0.1) is 0 Å². The zero-order valence-electron chi connectivity index (χ0n) is 14.2. The van der Waals surface area contributed by atoms with Crippen molar-refractivity contribution in [2.45, 2.75) is 45.2 Å². The fourth-order valence-electron chi connectivity index (χ4n) is 3.68. The second-order valence-corrected chi connectivity index (χ2v) is 8.52. The van der Waals surface area contributed by atoms with Gasteiger partial charge < -0.3 is 9.32 Å². The van der Waals surface area contributed by atoms with Crippen molar-refractivity contribution in [3.05, 3.63) is 23.7 Å². The number of hydrogen-bond donors (Lipinski definition) is 0. The van der Waals surface area contributed by atoms with Crippen LogP contribution < -0.4 is 0 Å². The van der Waals surface area contributed by atoms with Gasteiger partial charge in [0.05, 0.1) is 6.04 Å². The molecule has 0 spiro atoms. The smallest absolute Gasteiger partial charge is 0.282 e. The molecule has 0 amide bonds. The molecule has 0 saturated carbocycles. The summed E-state index contributed by atoms with van der Waals surface area (Å²) in [4.78, 5) is 2.30. The molecule has 2 aliphatic heterocycles. The summed E-state index contributed by atoms with van der Waals surface area (Å²) in [7, 11) is -1.74. The highest BCUT2D eigenvalue weighted by Gasteiger charge is 2.42. The molecule has 2 atom stereocenters. The average Bonchev–Trinajstić information content (AvgIpc) is 3.25. The van der Waals surface area contributed by atoms with E-state index in [9.17, 15) is 8.42 Å². The van der Waals surface area contributed by atoms with E-state index >= 15 is 0 Å². The van der Waals surface area contributed by atoms with Crippen LogP contribution in [0.3, 0.4) is 0 Å². The third-order valence-corrected chi connectivity index (χ3v) is 7.22. The van der Waals surface area contributed by atoms with Gasteiger partial charge in [-0.3, -0.25) is 0 Å². The third kappa shape index (κ3) is 3.20. The number of likely N-dealkylation sites (tertiary alicyclic amines) is 1. The maximum Gasteiger partial charge on any atom is 0.282 e. The van der Waals surface area contributed by atoms with E-state index in [0.29, 0.717) is 6.54 Å². The maximum atomic E-state index is 13.1. The molecule has 0 aromatic carbocycles. The minimum Gasteiger partial charge on any atom is -0.465 e. The molecule has 0 N–H and O–H groups in total. The van der Waals surface area contributed by atoms with E-state index in [-0.39, 0.29) is 12.1 Å². The minimum atomic E-state index is -3.46. The SMILES string of the molecule is CCN1CC[C@@H](N(C)S(=O)(=O)N2CCC[C@@H]2c2ccc(C)o2)C1. The molecule has 7 heteroatoms. The Morgan fingerprint density at radius 3 is 2.70 bits per heavy atom. The number of furan rings is 1. The van der Waals surface area contributed by atoms with Crippen LogP contribution in [-0.2, 0) is 10.2 Å². The summed E-state index contributed by atoms with van der Waals surface area (Å²) in [5.41, 5.74) is 0. The first-order valence-corrected chi connectivity index (χ1v) is 9.86. The van der Waals surface area contributed by atoms with E-state index in [1.54, 1.807) is 15.7 Å². The first-order valence-electron chi connectivity index (χ1n) is 8.47. The fraction of sp³-hybridized carbons (Fsp3) is 0.750. The van der Waals surface area contributed by atoms with Crippen molar-refractivity contribution in [1.29, 1.82) is 0 Å². The van der Waals surface area contributed by atoms with Crippen LogP contribution >= 0.6 is 0 Å². The van der Waals surface area contributed by atoms with Crippen LogP contribution in [0.4, 0.5) is 0 Å². The molecule has 0 aliphatic carbocycles. The number of nitrogens with zero attached hydrogens (tertiary/aromatic N) is 3. The van der Waals surface area contributed by atoms with Gasteiger partial charge in [0.2, 0.25) is 0 Å². The van der Waals surface area contributed by atoms with Gasteiger partial charge in [0.1, 0.15) is 11.5 Å². The Bertz CT molecular complexity index is 643. The highest BCUT2D eigenvalue weighted by atomic mass is 32.2. The molecule has 0 radical (unpaired) electrons. The van der Waals surface area contributed by atoms with Crippen molar-refractivity contribution in [2.24, 2.45) is 0 Å². The van der Waals surface area contributed by atoms with Gasteiger partial charge in [0.25, 0.3) is 10.2 Å². The lowest BCUT2D eigenvalue weighted by molar-refractivity contribution is 0.278. The molecule has 2 fully saturated rings. The summed E-state index contributed by atoms with van der Waals surface area (Å²) in [5, 5.41) is 0. The average molecular weight is 341 g/mol. The van der Waals surface area contributed by atoms with Crippen molar-refractivity contribution in [3.63, 3.8) is 0 Å². The lowest BCUT2D eigenvalue weighted by Gasteiger charge is -2.31. The highest BCUT2D eigenvalue weighted by molar-refractivity contribution is 7.86. The van der Waals surface area contributed by atoms with Crippen molar-refractivity contribution in [3.8, 4) is 0 Å². The van der Waals surface area contributed by atoms with Crippen LogP contribution in [0.5, 0.6) is 0 Å². The molecule has 3 rings (SSSR count). The number of likely N-dealkylation sites (N-methyl/N-ethyl adjacent to an activating group) is 2. The molecule has 3 heterocycles. The van der Waals surface area contributed by atoms with E-state index in [4.69, 9.17) is 4.42 Å². The van der Waals surface area contributed by atoms with E-state index < -0.39 is 10.2 Å². The molecule has 0 bridgehead atoms. The second-order valence-electron chi connectivity index (χ2n) is 6.58. The predicted octanol–water partition coefficient (Wildman–Crippen LogP) is 2.00. The normalized spacial score (nSPS) is 27.3. The van der Waals surface area contributed by atoms with Crippen molar-refractivity contribution < 1.29 is 12.8 Å². The van der Waals surface area contributed by atoms with E-state index in [1.807, 2.05) is 19.1 Å². The van der Waals surface area contributed by atoms with Crippen molar-refractivity contribution in [2.75, 3.05) is 33.2 Å². The van der Waals surface area contributed by atoms with Crippen LogP contribution in [0, 0.1) is 6.92 Å². The van der Waals surface area contributed by atoms with Gasteiger partial charge in [-0.1, -0.05) is 6.92 Å². The molecule has 0 unspecified atom stereocenters. The van der Waals surface area contributed by atoms with Crippen molar-refractivity contribution in [1.82, 2.24) is 13.5 Å². The summed E-state index contributed by atoms with van der Waals surface area (Å²) in [6.07, 6.45) is 2.61. The van der Waals surface area contributed by atoms with E-state index in [1.165, 1.54) is 0 Å². The Balaban J connectivity index is 1.78. The second kappa shape index (κ2) is 6.55. The monoisotopic (exact) mass is 341 g/mol. The molecule has 1 aromatic heterocycles. The molecular formula is C16H27N3O3S. The number of hydrogen-bond acceptors (Lipinski definition) is 4. The quantitative estimate of drug-likeness (QED) is 0.822. The summed E-state index contributed by atoms with van der Waals surface area (Å²) in [6.45, 7) is 7.35. The van der Waals surface area contributed by atoms with Crippen molar-refractivity contribution >= 4 is 10.2 Å². The van der Waals surface area contributed by atoms with Crippen LogP contribution in [-0.4, -0.2) is 61.2 Å². The Morgan fingerprint density at radius 1 is 1.30 bits per heavy atom. The van der Waals surface area contributed by atoms with Gasteiger partial charge in [-0.25, -0.2) is 0 Å². The molecule has 6 nitrogen and oxygen atoms in total. The zero-order valence-corrected chi connectivity index (χ0v) is 15.1. The maximum absolute atomic E-state index is 13.1. The molecule has 130 valence electrons. The summed E-state index contributed by atoms with van der Waals surface area (Å²) in [5.74, 6) is 1.59. The van der Waals surface area contributed by atoms with Gasteiger partial charge in [-0.2, -0.15) is 17.0 Å². The van der Waals surface area contributed by atoms with E-state index in [0.717, 1.165) is 50.4 Å². The van der Waals surface area contributed by atoms with Crippen LogP contribution in [0.1, 0.15) is 43.7 Å². The zero-order chi connectivity index (χ0) is 16.6. The standard InChI is InChI=1S/C16H27N3O3S/c1-4-18-11-9-14(12-18)17(3)23(20,21)19-10-5-6-15(19)16-8-7-13(2)22-16/h7-8,14-15H,4-6,9-12H2,1-3H3/t14-,15-/m1/s1. The first kappa shape index (κ1) is 17.0. The van der Waals surface area contributed by atoms with Gasteiger partial charge >= 0.3 is 0 Å². The largest absolute Gasteiger partial charge is 0.465 e. The van der Waals surface area contributed by atoms with Crippen LogP contribution in [0.2, 0.25) is 0 Å². The topological polar surface area (TPSA) is 57.0 Å². The highest BCUT2D eigenvalue weighted by Crippen LogP contribution is 2.36. The van der Waals surface area contributed by atoms with Gasteiger partial charge in [-0.05, 0) is 51.4 Å².